The molecule has 2 aromatic carbocycles. The number of hydrogen-bond acceptors (Lipinski definition) is 1. The van der Waals surface area contributed by atoms with Crippen LogP contribution in [-0.4, -0.2) is 18.1 Å². The van der Waals surface area contributed by atoms with Gasteiger partial charge in [-0.3, -0.25) is 0 Å². The molecular weight excluding hydrogens is 292 g/mol. The van der Waals surface area contributed by atoms with Crippen molar-refractivity contribution < 1.29 is 4.74 Å². The Labute approximate surface area is 137 Å². The van der Waals surface area contributed by atoms with Crippen molar-refractivity contribution in [1.82, 2.24) is 0 Å². The van der Waals surface area contributed by atoms with E-state index in [0.717, 1.165) is 13.0 Å². The first-order valence-electron chi connectivity index (χ1n) is 8.19. The second-order valence-corrected chi connectivity index (χ2v) is 7.09. The summed E-state index contributed by atoms with van der Waals surface area (Å²) in [5.41, 5.74) is 2.67. The average molecular weight is 313 g/mol. The summed E-state index contributed by atoms with van der Waals surface area (Å²) in [4.78, 5) is 0. The Balaban J connectivity index is 1.87. The maximum atomic E-state index is 6.59. The van der Waals surface area contributed by atoms with E-state index < -0.39 is 0 Å². The molecule has 3 atom stereocenters. The van der Waals surface area contributed by atoms with Gasteiger partial charge in [-0.25, -0.2) is 0 Å². The molecule has 22 heavy (non-hydrogen) atoms. The molecule has 1 nitrogen and oxygen atoms in total. The zero-order valence-electron chi connectivity index (χ0n) is 12.6. The zero-order valence-corrected chi connectivity index (χ0v) is 13.4. The van der Waals surface area contributed by atoms with Crippen LogP contribution in [0.2, 0.25) is 0 Å². The molecule has 0 N–H and O–H groups in total. The van der Waals surface area contributed by atoms with E-state index in [1.165, 1.54) is 24.0 Å². The van der Waals surface area contributed by atoms with E-state index in [2.05, 4.69) is 60.7 Å². The summed E-state index contributed by atoms with van der Waals surface area (Å²) in [5.74, 6) is 0.466. The van der Waals surface area contributed by atoms with Gasteiger partial charge in [-0.15, -0.1) is 11.6 Å². The van der Waals surface area contributed by atoms with E-state index in [1.807, 2.05) is 0 Å². The van der Waals surface area contributed by atoms with Crippen LogP contribution in [0.15, 0.2) is 60.7 Å². The number of hydrogen-bond donors (Lipinski definition) is 0. The molecule has 4 rings (SSSR count). The minimum absolute atomic E-state index is 0.0548. The standard InChI is InChI=1S/C20H21ClO/c21-18-13-7-12-17-19(18)22-14-20(17,15-8-3-1-4-9-15)16-10-5-2-6-11-16/h1-6,8-11,17-19H,7,12-14H2/t17-,18+,19-/m0/s1. The molecule has 2 fully saturated rings. The minimum atomic E-state index is -0.0548. The highest BCUT2D eigenvalue weighted by Crippen LogP contribution is 2.52. The minimum Gasteiger partial charge on any atom is -0.375 e. The number of fused-ring (bicyclic) bond motifs is 1. The monoisotopic (exact) mass is 312 g/mol. The van der Waals surface area contributed by atoms with Gasteiger partial charge in [-0.1, -0.05) is 67.1 Å². The van der Waals surface area contributed by atoms with Crippen molar-refractivity contribution in [2.45, 2.75) is 36.2 Å². The van der Waals surface area contributed by atoms with Gasteiger partial charge in [0.15, 0.2) is 0 Å². The Bertz CT molecular complexity index is 585. The van der Waals surface area contributed by atoms with Crippen molar-refractivity contribution in [1.29, 1.82) is 0 Å². The van der Waals surface area contributed by atoms with Crippen LogP contribution in [0.4, 0.5) is 0 Å². The molecule has 0 unspecified atom stereocenters. The van der Waals surface area contributed by atoms with Crippen LogP contribution < -0.4 is 0 Å². The predicted octanol–water partition coefficient (Wildman–Crippen LogP) is 4.78. The SMILES string of the molecule is Cl[C@@H]1CCC[C@H]2[C@@H]1OCC2(c1ccccc1)c1ccccc1. The Morgan fingerprint density at radius 3 is 2.05 bits per heavy atom. The van der Waals surface area contributed by atoms with Crippen LogP contribution in [0.3, 0.4) is 0 Å². The van der Waals surface area contributed by atoms with Gasteiger partial charge in [0, 0.05) is 11.3 Å². The van der Waals surface area contributed by atoms with Crippen LogP contribution in [0.5, 0.6) is 0 Å². The second kappa shape index (κ2) is 5.72. The van der Waals surface area contributed by atoms with Crippen LogP contribution >= 0.6 is 11.6 Å². The number of benzene rings is 2. The van der Waals surface area contributed by atoms with Crippen molar-refractivity contribution in [3.8, 4) is 0 Å². The lowest BCUT2D eigenvalue weighted by Gasteiger charge is -2.40. The fraction of sp³-hybridized carbons (Fsp3) is 0.400. The summed E-state index contributed by atoms with van der Waals surface area (Å²) in [5, 5.41) is 0.146. The smallest absolute Gasteiger partial charge is 0.0779 e. The van der Waals surface area contributed by atoms with Crippen LogP contribution in [0.25, 0.3) is 0 Å². The fourth-order valence-electron chi connectivity index (χ4n) is 4.43. The summed E-state index contributed by atoms with van der Waals surface area (Å²) in [6.07, 6.45) is 3.64. The molecule has 1 saturated carbocycles. The van der Waals surface area contributed by atoms with E-state index >= 15 is 0 Å². The molecule has 1 heterocycles. The molecule has 2 heteroatoms. The van der Waals surface area contributed by atoms with Crippen LogP contribution in [0, 0.1) is 5.92 Å². The summed E-state index contributed by atoms with van der Waals surface area (Å²) in [6.45, 7) is 0.736. The number of ether oxygens (including phenoxy) is 1. The molecule has 0 bridgehead atoms. The lowest BCUT2D eigenvalue weighted by molar-refractivity contribution is 0.0697. The second-order valence-electron chi connectivity index (χ2n) is 6.53. The Morgan fingerprint density at radius 2 is 1.45 bits per heavy atom. The van der Waals surface area contributed by atoms with E-state index in [1.54, 1.807) is 0 Å². The molecule has 0 radical (unpaired) electrons. The first kappa shape index (κ1) is 14.3. The van der Waals surface area contributed by atoms with Gasteiger partial charge >= 0.3 is 0 Å². The fourth-order valence-corrected chi connectivity index (χ4v) is 4.83. The van der Waals surface area contributed by atoms with E-state index in [-0.39, 0.29) is 16.9 Å². The van der Waals surface area contributed by atoms with Crippen molar-refractivity contribution in [3.63, 3.8) is 0 Å². The summed E-state index contributed by atoms with van der Waals surface area (Å²) < 4.78 is 6.26. The van der Waals surface area contributed by atoms with Gasteiger partial charge in [0.1, 0.15) is 0 Å². The van der Waals surface area contributed by atoms with Gasteiger partial charge in [0.25, 0.3) is 0 Å². The molecule has 1 saturated heterocycles. The number of alkyl halides is 1. The first-order valence-corrected chi connectivity index (χ1v) is 8.63. The summed E-state index contributed by atoms with van der Waals surface area (Å²) in [6, 6.07) is 21.7. The molecule has 1 aliphatic carbocycles. The van der Waals surface area contributed by atoms with Gasteiger partial charge in [0.2, 0.25) is 0 Å². The normalized spacial score (nSPS) is 30.0. The Hall–Kier alpha value is -1.31. The topological polar surface area (TPSA) is 9.23 Å². The van der Waals surface area contributed by atoms with Crippen molar-refractivity contribution in [2.24, 2.45) is 5.92 Å². The molecule has 2 aliphatic rings. The quantitative estimate of drug-likeness (QED) is 0.725. The highest BCUT2D eigenvalue weighted by Gasteiger charge is 2.54. The zero-order chi connectivity index (χ0) is 15.0. The van der Waals surface area contributed by atoms with Crippen molar-refractivity contribution >= 4 is 11.6 Å². The first-order chi connectivity index (χ1) is 10.8. The van der Waals surface area contributed by atoms with Crippen LogP contribution in [-0.2, 0) is 10.2 Å². The van der Waals surface area contributed by atoms with Gasteiger partial charge < -0.3 is 4.74 Å². The van der Waals surface area contributed by atoms with Crippen molar-refractivity contribution in [3.05, 3.63) is 71.8 Å². The number of rotatable bonds is 2. The molecule has 0 amide bonds. The maximum Gasteiger partial charge on any atom is 0.0779 e. The molecule has 114 valence electrons. The Kier molecular flexibility index (Phi) is 3.71. The summed E-state index contributed by atoms with van der Waals surface area (Å²) in [7, 11) is 0. The van der Waals surface area contributed by atoms with Gasteiger partial charge in [-0.2, -0.15) is 0 Å². The molecule has 0 spiro atoms. The largest absolute Gasteiger partial charge is 0.375 e. The van der Waals surface area contributed by atoms with Gasteiger partial charge in [0.05, 0.1) is 18.1 Å². The lowest BCUT2D eigenvalue weighted by Crippen LogP contribution is -2.42. The molecular formula is C20H21ClO. The van der Waals surface area contributed by atoms with Gasteiger partial charge in [-0.05, 0) is 24.0 Å². The third kappa shape index (κ3) is 2.11. The van der Waals surface area contributed by atoms with E-state index in [0.29, 0.717) is 5.92 Å². The van der Waals surface area contributed by atoms with E-state index in [9.17, 15) is 0 Å². The third-order valence-electron chi connectivity index (χ3n) is 5.46. The highest BCUT2D eigenvalue weighted by atomic mass is 35.5. The molecule has 0 aromatic heterocycles. The molecule has 1 aliphatic heterocycles. The lowest BCUT2D eigenvalue weighted by atomic mass is 9.63. The molecule has 2 aromatic rings. The number of halogens is 1. The summed E-state index contributed by atoms with van der Waals surface area (Å²) >= 11 is 6.59. The van der Waals surface area contributed by atoms with E-state index in [4.69, 9.17) is 16.3 Å². The average Bonchev–Trinajstić information content (AvgIpc) is 2.98. The highest BCUT2D eigenvalue weighted by molar-refractivity contribution is 6.21. The third-order valence-corrected chi connectivity index (χ3v) is 5.93. The Morgan fingerprint density at radius 1 is 0.864 bits per heavy atom. The maximum absolute atomic E-state index is 6.59. The van der Waals surface area contributed by atoms with Crippen molar-refractivity contribution in [2.75, 3.05) is 6.61 Å². The van der Waals surface area contributed by atoms with Crippen LogP contribution in [0.1, 0.15) is 30.4 Å². The predicted molar refractivity (Wildman–Crippen MR) is 90.4 cm³/mol.